The Morgan fingerprint density at radius 1 is 1.39 bits per heavy atom. The molecular formula is C15H21N3. The second-order valence-electron chi connectivity index (χ2n) is 5.41. The first-order chi connectivity index (χ1) is 8.61. The van der Waals surface area contributed by atoms with Gasteiger partial charge >= 0.3 is 0 Å². The normalized spacial score (nSPS) is 23.7. The van der Waals surface area contributed by atoms with E-state index in [0.717, 1.165) is 36.2 Å². The molecule has 0 radical (unpaired) electrons. The Hall–Kier alpha value is -1.69. The number of hydrogen-bond donors (Lipinski definition) is 1. The average Bonchev–Trinajstić information content (AvgIpc) is 2.36. The summed E-state index contributed by atoms with van der Waals surface area (Å²) < 4.78 is 0. The second-order valence-corrected chi connectivity index (χ2v) is 5.41. The fourth-order valence-corrected chi connectivity index (χ4v) is 2.52. The van der Waals surface area contributed by atoms with E-state index >= 15 is 0 Å². The highest BCUT2D eigenvalue weighted by Gasteiger charge is 2.22. The van der Waals surface area contributed by atoms with Gasteiger partial charge in [0.15, 0.2) is 0 Å². The van der Waals surface area contributed by atoms with Crippen LogP contribution in [0.4, 0.5) is 11.4 Å². The van der Waals surface area contributed by atoms with Crippen LogP contribution in [0, 0.1) is 23.2 Å². The van der Waals surface area contributed by atoms with Gasteiger partial charge in [0.1, 0.15) is 0 Å². The number of hydrogen-bond acceptors (Lipinski definition) is 3. The van der Waals surface area contributed by atoms with Gasteiger partial charge in [-0.2, -0.15) is 5.26 Å². The van der Waals surface area contributed by atoms with Crippen molar-refractivity contribution in [2.75, 3.05) is 23.7 Å². The molecule has 1 heterocycles. The zero-order valence-electron chi connectivity index (χ0n) is 11.2. The molecule has 0 saturated carbocycles. The highest BCUT2D eigenvalue weighted by molar-refractivity contribution is 5.59. The predicted molar refractivity (Wildman–Crippen MR) is 75.3 cm³/mol. The van der Waals surface area contributed by atoms with E-state index in [9.17, 15) is 0 Å². The van der Waals surface area contributed by atoms with Gasteiger partial charge in [0.05, 0.1) is 12.5 Å². The molecule has 2 atom stereocenters. The van der Waals surface area contributed by atoms with Gasteiger partial charge < -0.3 is 10.6 Å². The number of piperidine rings is 1. The van der Waals surface area contributed by atoms with Crippen LogP contribution >= 0.6 is 0 Å². The zero-order chi connectivity index (χ0) is 13.1. The predicted octanol–water partition coefficient (Wildman–Crippen LogP) is 2.82. The molecule has 2 unspecified atom stereocenters. The van der Waals surface area contributed by atoms with Crippen LogP contribution in [0.25, 0.3) is 0 Å². The summed E-state index contributed by atoms with van der Waals surface area (Å²) in [6.07, 6.45) is 1.62. The number of nitrogen functional groups attached to an aromatic ring is 1. The monoisotopic (exact) mass is 243 g/mol. The van der Waals surface area contributed by atoms with Gasteiger partial charge in [0.25, 0.3) is 0 Å². The molecule has 1 fully saturated rings. The number of nitrogens with zero attached hydrogens (tertiary/aromatic N) is 2. The summed E-state index contributed by atoms with van der Waals surface area (Å²) in [7, 11) is 0. The minimum absolute atomic E-state index is 0.388. The molecule has 0 aromatic heterocycles. The molecule has 0 amide bonds. The molecule has 1 aliphatic rings. The van der Waals surface area contributed by atoms with Crippen LogP contribution in [-0.2, 0) is 6.42 Å². The first kappa shape index (κ1) is 12.8. The third-order valence-corrected chi connectivity index (χ3v) is 4.10. The molecule has 3 nitrogen and oxygen atoms in total. The minimum atomic E-state index is 0.388. The summed E-state index contributed by atoms with van der Waals surface area (Å²) in [6.45, 7) is 6.83. The van der Waals surface area contributed by atoms with Crippen molar-refractivity contribution in [2.24, 2.45) is 11.8 Å². The SMILES string of the molecule is CC1CCN(c2ccc(N)c(CC#N)c2)CC1C. The summed E-state index contributed by atoms with van der Waals surface area (Å²) in [5, 5.41) is 8.80. The number of rotatable bonds is 2. The molecule has 18 heavy (non-hydrogen) atoms. The molecule has 0 bridgehead atoms. The van der Waals surface area contributed by atoms with Crippen LogP contribution in [0.5, 0.6) is 0 Å². The summed E-state index contributed by atoms with van der Waals surface area (Å²) in [4.78, 5) is 2.41. The van der Waals surface area contributed by atoms with E-state index in [0.29, 0.717) is 6.42 Å². The van der Waals surface area contributed by atoms with E-state index < -0.39 is 0 Å². The third kappa shape index (κ3) is 2.59. The standard InChI is InChI=1S/C15H21N3/c1-11-6-8-18(10-12(11)2)14-3-4-15(17)13(9-14)5-7-16/h3-4,9,11-12H,5-6,8,10,17H2,1-2H3. The lowest BCUT2D eigenvalue weighted by Crippen LogP contribution is -2.38. The Labute approximate surface area is 109 Å². The maximum Gasteiger partial charge on any atom is 0.0670 e. The Balaban J connectivity index is 2.19. The number of nitriles is 1. The fourth-order valence-electron chi connectivity index (χ4n) is 2.52. The van der Waals surface area contributed by atoms with Crippen molar-refractivity contribution in [3.05, 3.63) is 23.8 Å². The molecule has 96 valence electrons. The van der Waals surface area contributed by atoms with Crippen LogP contribution in [-0.4, -0.2) is 13.1 Å². The Kier molecular flexibility index (Phi) is 3.76. The lowest BCUT2D eigenvalue weighted by atomic mass is 9.88. The van der Waals surface area contributed by atoms with Crippen molar-refractivity contribution in [2.45, 2.75) is 26.7 Å². The largest absolute Gasteiger partial charge is 0.398 e. The van der Waals surface area contributed by atoms with Crippen molar-refractivity contribution in [1.29, 1.82) is 5.26 Å². The minimum Gasteiger partial charge on any atom is -0.398 e. The molecule has 1 aliphatic heterocycles. The van der Waals surface area contributed by atoms with E-state index in [1.165, 1.54) is 12.1 Å². The fraction of sp³-hybridized carbons (Fsp3) is 0.533. The van der Waals surface area contributed by atoms with Gasteiger partial charge in [0.2, 0.25) is 0 Å². The first-order valence-corrected chi connectivity index (χ1v) is 6.62. The highest BCUT2D eigenvalue weighted by atomic mass is 15.1. The summed E-state index contributed by atoms with van der Waals surface area (Å²) in [5.74, 6) is 1.52. The maximum absolute atomic E-state index is 8.80. The molecule has 2 rings (SSSR count). The molecule has 0 aliphatic carbocycles. The van der Waals surface area contributed by atoms with E-state index in [4.69, 9.17) is 11.0 Å². The van der Waals surface area contributed by atoms with Gasteiger partial charge in [-0.15, -0.1) is 0 Å². The zero-order valence-corrected chi connectivity index (χ0v) is 11.2. The molecule has 1 aromatic rings. The summed E-state index contributed by atoms with van der Waals surface area (Å²) >= 11 is 0. The van der Waals surface area contributed by atoms with E-state index in [1.807, 2.05) is 6.07 Å². The highest BCUT2D eigenvalue weighted by Crippen LogP contribution is 2.28. The smallest absolute Gasteiger partial charge is 0.0670 e. The number of nitrogens with two attached hydrogens (primary N) is 1. The van der Waals surface area contributed by atoms with E-state index in [-0.39, 0.29) is 0 Å². The molecule has 1 aromatic carbocycles. The van der Waals surface area contributed by atoms with Crippen LogP contribution in [0.3, 0.4) is 0 Å². The number of benzene rings is 1. The third-order valence-electron chi connectivity index (χ3n) is 4.10. The molecule has 2 N–H and O–H groups in total. The summed E-state index contributed by atoms with van der Waals surface area (Å²) in [5.41, 5.74) is 8.75. The molecule has 0 spiro atoms. The van der Waals surface area contributed by atoms with E-state index in [2.05, 4.69) is 36.9 Å². The van der Waals surface area contributed by atoms with Crippen molar-refractivity contribution in [3.8, 4) is 6.07 Å². The Morgan fingerprint density at radius 3 is 2.83 bits per heavy atom. The van der Waals surface area contributed by atoms with Crippen LogP contribution in [0.2, 0.25) is 0 Å². The molecule has 3 heteroatoms. The van der Waals surface area contributed by atoms with Crippen molar-refractivity contribution in [1.82, 2.24) is 0 Å². The lowest BCUT2D eigenvalue weighted by Gasteiger charge is -2.37. The Morgan fingerprint density at radius 2 is 2.17 bits per heavy atom. The van der Waals surface area contributed by atoms with Crippen molar-refractivity contribution in [3.63, 3.8) is 0 Å². The van der Waals surface area contributed by atoms with Crippen molar-refractivity contribution < 1.29 is 0 Å². The number of anilines is 2. The second kappa shape index (κ2) is 5.30. The van der Waals surface area contributed by atoms with Gasteiger partial charge in [0, 0.05) is 24.5 Å². The first-order valence-electron chi connectivity index (χ1n) is 6.62. The molecule has 1 saturated heterocycles. The summed E-state index contributed by atoms with van der Waals surface area (Å²) in [6, 6.07) is 8.23. The van der Waals surface area contributed by atoms with Gasteiger partial charge in [-0.3, -0.25) is 0 Å². The Bertz CT molecular complexity index is 461. The lowest BCUT2D eigenvalue weighted by molar-refractivity contribution is 0.324. The molecular weight excluding hydrogens is 222 g/mol. The van der Waals surface area contributed by atoms with Crippen LogP contribution < -0.4 is 10.6 Å². The van der Waals surface area contributed by atoms with Gasteiger partial charge in [-0.05, 0) is 42.0 Å². The van der Waals surface area contributed by atoms with Crippen LogP contribution in [0.15, 0.2) is 18.2 Å². The van der Waals surface area contributed by atoms with Crippen LogP contribution in [0.1, 0.15) is 25.8 Å². The maximum atomic E-state index is 8.80. The average molecular weight is 243 g/mol. The topological polar surface area (TPSA) is 53.0 Å². The van der Waals surface area contributed by atoms with E-state index in [1.54, 1.807) is 0 Å². The quantitative estimate of drug-likeness (QED) is 0.813. The van der Waals surface area contributed by atoms with Gasteiger partial charge in [-0.1, -0.05) is 13.8 Å². The van der Waals surface area contributed by atoms with Crippen molar-refractivity contribution >= 4 is 11.4 Å². The van der Waals surface area contributed by atoms with Gasteiger partial charge in [-0.25, -0.2) is 0 Å².